The lowest BCUT2D eigenvalue weighted by atomic mass is 10.2. The number of anilines is 2. The van der Waals surface area contributed by atoms with Gasteiger partial charge in [-0.3, -0.25) is 9.62 Å². The Morgan fingerprint density at radius 1 is 1.04 bits per heavy atom. The van der Waals surface area contributed by atoms with Gasteiger partial charge in [0, 0.05) is 43.6 Å². The summed E-state index contributed by atoms with van der Waals surface area (Å²) in [5, 5.41) is 0. The van der Waals surface area contributed by atoms with Crippen molar-refractivity contribution in [1.82, 2.24) is 9.62 Å². The number of hydrogen-bond donors (Lipinski definition) is 2. The van der Waals surface area contributed by atoms with Crippen LogP contribution in [0.4, 0.5) is 11.4 Å². The summed E-state index contributed by atoms with van der Waals surface area (Å²) >= 11 is 0. The van der Waals surface area contributed by atoms with Gasteiger partial charge in [0.05, 0.1) is 0 Å². The molecule has 1 heterocycles. The van der Waals surface area contributed by atoms with E-state index in [-0.39, 0.29) is 6.04 Å². The van der Waals surface area contributed by atoms with Crippen LogP contribution in [0.3, 0.4) is 0 Å². The van der Waals surface area contributed by atoms with E-state index in [1.807, 2.05) is 24.3 Å². The molecule has 1 saturated heterocycles. The number of nitrogens with one attached hydrogen (secondary N) is 2. The molecule has 6 nitrogen and oxygen atoms in total. The Morgan fingerprint density at radius 2 is 1.68 bits per heavy atom. The van der Waals surface area contributed by atoms with Crippen LogP contribution in [0.15, 0.2) is 24.3 Å². The molecule has 0 atom stereocenters. The molecule has 2 N–H and O–H groups in total. The first-order chi connectivity index (χ1) is 12.1. The van der Waals surface area contributed by atoms with Crippen molar-refractivity contribution in [1.29, 1.82) is 0 Å². The minimum atomic E-state index is -3.49. The molecule has 1 aromatic rings. The van der Waals surface area contributed by atoms with Gasteiger partial charge in [-0.2, -0.15) is 13.1 Å². The van der Waals surface area contributed by atoms with Gasteiger partial charge in [-0.1, -0.05) is 19.8 Å². The van der Waals surface area contributed by atoms with Crippen LogP contribution < -0.4 is 14.3 Å². The molecule has 1 saturated carbocycles. The third-order valence-electron chi connectivity index (χ3n) is 5.07. The summed E-state index contributed by atoms with van der Waals surface area (Å²) < 4.78 is 29.8. The van der Waals surface area contributed by atoms with E-state index in [9.17, 15) is 8.42 Å². The van der Waals surface area contributed by atoms with E-state index in [1.165, 1.54) is 13.0 Å². The third kappa shape index (κ3) is 5.33. The molecule has 0 spiro atoms. The molecule has 1 aromatic carbocycles. The molecule has 0 amide bonds. The van der Waals surface area contributed by atoms with Gasteiger partial charge in [-0.25, -0.2) is 0 Å². The fourth-order valence-electron chi connectivity index (χ4n) is 3.73. The molecule has 2 fully saturated rings. The van der Waals surface area contributed by atoms with E-state index in [4.69, 9.17) is 0 Å². The van der Waals surface area contributed by atoms with Gasteiger partial charge < -0.3 is 4.90 Å². The van der Waals surface area contributed by atoms with Gasteiger partial charge >= 0.3 is 0 Å². The van der Waals surface area contributed by atoms with Crippen molar-refractivity contribution in [2.45, 2.75) is 45.1 Å². The Labute approximate surface area is 151 Å². The third-order valence-corrected chi connectivity index (χ3v) is 6.22. The van der Waals surface area contributed by atoms with Crippen LogP contribution in [0.2, 0.25) is 0 Å². The molecule has 3 rings (SSSR count). The van der Waals surface area contributed by atoms with Crippen molar-refractivity contribution in [2.24, 2.45) is 0 Å². The minimum absolute atomic E-state index is 0.0798. The first kappa shape index (κ1) is 18.5. The first-order valence-electron chi connectivity index (χ1n) is 9.43. The quantitative estimate of drug-likeness (QED) is 0.778. The Hall–Kier alpha value is -1.31. The second kappa shape index (κ2) is 8.38. The van der Waals surface area contributed by atoms with E-state index in [0.29, 0.717) is 5.69 Å². The van der Waals surface area contributed by atoms with Gasteiger partial charge in [0.25, 0.3) is 10.2 Å². The Kier molecular flexibility index (Phi) is 6.19. The Morgan fingerprint density at radius 3 is 2.28 bits per heavy atom. The summed E-state index contributed by atoms with van der Waals surface area (Å²) in [5.41, 5.74) is 1.77. The first-order valence-corrected chi connectivity index (χ1v) is 10.9. The van der Waals surface area contributed by atoms with Gasteiger partial charge in [0.15, 0.2) is 0 Å². The largest absolute Gasteiger partial charge is 0.369 e. The highest BCUT2D eigenvalue weighted by molar-refractivity contribution is 7.90. The lowest BCUT2D eigenvalue weighted by Crippen LogP contribution is -2.46. The molecule has 2 aliphatic rings. The Bertz CT molecular complexity index is 634. The average Bonchev–Trinajstić information content (AvgIpc) is 3.08. The van der Waals surface area contributed by atoms with Crippen molar-refractivity contribution in [3.05, 3.63) is 24.3 Å². The zero-order chi connectivity index (χ0) is 17.7. The predicted octanol–water partition coefficient (Wildman–Crippen LogP) is 2.41. The van der Waals surface area contributed by atoms with Crippen molar-refractivity contribution in [3.63, 3.8) is 0 Å². The summed E-state index contributed by atoms with van der Waals surface area (Å²) in [6.45, 7) is 7.61. The van der Waals surface area contributed by atoms with Crippen LogP contribution in [0.25, 0.3) is 0 Å². The van der Waals surface area contributed by atoms with Gasteiger partial charge in [-0.15, -0.1) is 0 Å². The normalized spacial score (nSPS) is 20.1. The van der Waals surface area contributed by atoms with E-state index in [0.717, 1.165) is 57.5 Å². The van der Waals surface area contributed by atoms with Crippen LogP contribution in [-0.2, 0) is 10.2 Å². The smallest absolute Gasteiger partial charge is 0.299 e. The number of rotatable bonds is 7. The van der Waals surface area contributed by atoms with Crippen LogP contribution >= 0.6 is 0 Å². The van der Waals surface area contributed by atoms with Crippen LogP contribution in [0.5, 0.6) is 0 Å². The summed E-state index contributed by atoms with van der Waals surface area (Å²) in [5.74, 6) is 0. The molecule has 0 radical (unpaired) electrons. The maximum absolute atomic E-state index is 12.2. The number of benzene rings is 1. The zero-order valence-corrected chi connectivity index (χ0v) is 15.9. The molecule has 0 unspecified atom stereocenters. The van der Waals surface area contributed by atoms with Gasteiger partial charge in [0.1, 0.15) is 0 Å². The van der Waals surface area contributed by atoms with E-state index < -0.39 is 10.2 Å². The maximum Gasteiger partial charge on any atom is 0.299 e. The van der Waals surface area contributed by atoms with E-state index in [2.05, 4.69) is 26.2 Å². The van der Waals surface area contributed by atoms with Crippen molar-refractivity contribution in [3.8, 4) is 0 Å². The van der Waals surface area contributed by atoms with Crippen molar-refractivity contribution < 1.29 is 8.42 Å². The summed E-state index contributed by atoms with van der Waals surface area (Å²) in [6.07, 6.45) is 5.28. The maximum atomic E-state index is 12.2. The SMILES string of the molecule is CCCN1CCN(c2ccc(NS(=O)(=O)NC3CCCC3)cc2)CC1. The highest BCUT2D eigenvalue weighted by Crippen LogP contribution is 2.21. The molecule has 7 heteroatoms. The highest BCUT2D eigenvalue weighted by Gasteiger charge is 2.21. The van der Waals surface area contributed by atoms with Gasteiger partial charge in [0.2, 0.25) is 0 Å². The monoisotopic (exact) mass is 366 g/mol. The standard InChI is InChI=1S/C18H30N4O2S/c1-2-11-21-12-14-22(15-13-21)18-9-7-17(8-10-18)20-25(23,24)19-16-5-3-4-6-16/h7-10,16,19-20H,2-6,11-15H2,1H3. The molecule has 140 valence electrons. The molecule has 1 aliphatic heterocycles. The Balaban J connectivity index is 1.53. The van der Waals surface area contributed by atoms with Crippen LogP contribution in [-0.4, -0.2) is 52.1 Å². The molecule has 0 bridgehead atoms. The van der Waals surface area contributed by atoms with E-state index in [1.54, 1.807) is 0 Å². The fourth-order valence-corrected chi connectivity index (χ4v) is 4.91. The molecular weight excluding hydrogens is 336 g/mol. The second-order valence-corrected chi connectivity index (χ2v) is 8.53. The lowest BCUT2D eigenvalue weighted by Gasteiger charge is -2.36. The predicted molar refractivity (Wildman–Crippen MR) is 103 cm³/mol. The molecule has 25 heavy (non-hydrogen) atoms. The van der Waals surface area contributed by atoms with Crippen molar-refractivity contribution >= 4 is 21.6 Å². The molecule has 0 aromatic heterocycles. The van der Waals surface area contributed by atoms with Crippen molar-refractivity contribution in [2.75, 3.05) is 42.3 Å². The second-order valence-electron chi connectivity index (χ2n) is 7.08. The number of nitrogens with zero attached hydrogens (tertiary/aromatic N) is 2. The summed E-state index contributed by atoms with van der Waals surface area (Å²) in [4.78, 5) is 4.86. The highest BCUT2D eigenvalue weighted by atomic mass is 32.2. The molecular formula is C18H30N4O2S. The lowest BCUT2D eigenvalue weighted by molar-refractivity contribution is 0.258. The number of hydrogen-bond acceptors (Lipinski definition) is 4. The number of piperazine rings is 1. The topological polar surface area (TPSA) is 64.7 Å². The summed E-state index contributed by atoms with van der Waals surface area (Å²) in [7, 11) is -3.49. The minimum Gasteiger partial charge on any atom is -0.369 e. The zero-order valence-electron chi connectivity index (χ0n) is 15.1. The molecule has 1 aliphatic carbocycles. The van der Waals surface area contributed by atoms with Gasteiger partial charge in [-0.05, 0) is 50.1 Å². The average molecular weight is 367 g/mol. The van der Waals surface area contributed by atoms with Crippen LogP contribution in [0.1, 0.15) is 39.0 Å². The summed E-state index contributed by atoms with van der Waals surface area (Å²) in [6, 6.07) is 7.78. The van der Waals surface area contributed by atoms with E-state index >= 15 is 0 Å². The fraction of sp³-hybridized carbons (Fsp3) is 0.667. The van der Waals surface area contributed by atoms with Crippen LogP contribution in [0, 0.1) is 0 Å².